The Morgan fingerprint density at radius 1 is 1.20 bits per heavy atom. The first-order valence-corrected chi connectivity index (χ1v) is 9.56. The van der Waals surface area contributed by atoms with E-state index in [-0.39, 0.29) is 12.1 Å². The highest BCUT2D eigenvalue weighted by atomic mass is 16.5. The van der Waals surface area contributed by atoms with Crippen molar-refractivity contribution in [2.45, 2.75) is 51.2 Å². The van der Waals surface area contributed by atoms with Crippen LogP contribution in [-0.2, 0) is 11.2 Å². The predicted octanol–water partition coefficient (Wildman–Crippen LogP) is 5.37. The van der Waals surface area contributed by atoms with Gasteiger partial charge in [0.15, 0.2) is 0 Å². The van der Waals surface area contributed by atoms with Crippen molar-refractivity contribution in [3.05, 3.63) is 59.2 Å². The molecule has 0 saturated carbocycles. The van der Waals surface area contributed by atoms with E-state index in [0.29, 0.717) is 11.7 Å². The summed E-state index contributed by atoms with van der Waals surface area (Å²) in [5, 5.41) is 13.6. The standard InChI is InChI=1S/C22H27NO2/c1-2-3-6-15-10-11-20-19(13-15)22-18(9-5-12-25-22)21(23-20)16-7-4-8-17(24)14-16/h4,7-8,10-11,13-14,18,21-24H,2-3,5-6,9,12H2,1H3/t18-,21-,22-/m0/s1. The molecule has 3 nitrogen and oxygen atoms in total. The zero-order valence-corrected chi connectivity index (χ0v) is 14.9. The van der Waals surface area contributed by atoms with E-state index >= 15 is 0 Å². The monoisotopic (exact) mass is 337 g/mol. The van der Waals surface area contributed by atoms with Crippen LogP contribution in [0.4, 0.5) is 5.69 Å². The Labute approximate surface area is 150 Å². The fourth-order valence-electron chi connectivity index (χ4n) is 4.30. The van der Waals surface area contributed by atoms with Gasteiger partial charge >= 0.3 is 0 Å². The number of aromatic hydroxyl groups is 1. The number of anilines is 1. The van der Waals surface area contributed by atoms with E-state index in [1.165, 1.54) is 29.7 Å². The second-order valence-corrected chi connectivity index (χ2v) is 7.34. The number of rotatable bonds is 4. The Kier molecular flexibility index (Phi) is 4.67. The van der Waals surface area contributed by atoms with Crippen molar-refractivity contribution in [1.82, 2.24) is 0 Å². The Balaban J connectivity index is 1.70. The van der Waals surface area contributed by atoms with Crippen LogP contribution in [0.15, 0.2) is 42.5 Å². The number of nitrogens with one attached hydrogen (secondary N) is 1. The quantitative estimate of drug-likeness (QED) is 0.788. The number of benzene rings is 2. The molecule has 2 heterocycles. The van der Waals surface area contributed by atoms with E-state index in [1.807, 2.05) is 12.1 Å². The lowest BCUT2D eigenvalue weighted by Crippen LogP contribution is -2.36. The van der Waals surface area contributed by atoms with E-state index in [9.17, 15) is 5.11 Å². The summed E-state index contributed by atoms with van der Waals surface area (Å²) in [5.41, 5.74) is 5.04. The molecule has 2 aromatic rings. The van der Waals surface area contributed by atoms with E-state index in [4.69, 9.17) is 4.74 Å². The summed E-state index contributed by atoms with van der Waals surface area (Å²) in [4.78, 5) is 0. The number of fused-ring (bicyclic) bond motifs is 3. The first kappa shape index (κ1) is 16.5. The summed E-state index contributed by atoms with van der Waals surface area (Å²) in [6, 6.07) is 14.6. The summed E-state index contributed by atoms with van der Waals surface area (Å²) in [6.45, 7) is 3.08. The number of hydrogen-bond acceptors (Lipinski definition) is 3. The first-order chi connectivity index (χ1) is 12.3. The molecule has 0 radical (unpaired) electrons. The minimum atomic E-state index is 0.152. The average Bonchev–Trinajstić information content (AvgIpc) is 2.65. The molecule has 0 aliphatic carbocycles. The van der Waals surface area contributed by atoms with Gasteiger partial charge in [0.2, 0.25) is 0 Å². The molecule has 25 heavy (non-hydrogen) atoms. The van der Waals surface area contributed by atoms with E-state index in [1.54, 1.807) is 6.07 Å². The lowest BCUT2D eigenvalue weighted by atomic mass is 9.77. The van der Waals surface area contributed by atoms with Crippen LogP contribution in [-0.4, -0.2) is 11.7 Å². The number of hydrogen-bond donors (Lipinski definition) is 2. The fourth-order valence-corrected chi connectivity index (χ4v) is 4.30. The van der Waals surface area contributed by atoms with Gasteiger partial charge in [-0.2, -0.15) is 0 Å². The van der Waals surface area contributed by atoms with Gasteiger partial charge in [-0.05, 0) is 55.0 Å². The molecule has 1 fully saturated rings. The van der Waals surface area contributed by atoms with Crippen molar-refractivity contribution < 1.29 is 9.84 Å². The van der Waals surface area contributed by atoms with Crippen LogP contribution in [0.25, 0.3) is 0 Å². The van der Waals surface area contributed by atoms with Gasteiger partial charge in [-0.3, -0.25) is 0 Å². The third kappa shape index (κ3) is 3.25. The van der Waals surface area contributed by atoms with Crippen molar-refractivity contribution in [1.29, 1.82) is 0 Å². The lowest BCUT2D eigenvalue weighted by molar-refractivity contribution is -0.0381. The Bertz CT molecular complexity index is 743. The third-order valence-corrected chi connectivity index (χ3v) is 5.58. The summed E-state index contributed by atoms with van der Waals surface area (Å²) >= 11 is 0. The number of phenols is 1. The molecule has 132 valence electrons. The van der Waals surface area contributed by atoms with Crippen molar-refractivity contribution in [3.8, 4) is 5.75 Å². The van der Waals surface area contributed by atoms with Crippen LogP contribution >= 0.6 is 0 Å². The van der Waals surface area contributed by atoms with Gasteiger partial charge in [0.05, 0.1) is 12.1 Å². The van der Waals surface area contributed by atoms with Gasteiger partial charge in [-0.25, -0.2) is 0 Å². The summed E-state index contributed by atoms with van der Waals surface area (Å²) in [6.07, 6.45) is 5.99. The zero-order valence-electron chi connectivity index (χ0n) is 14.9. The first-order valence-electron chi connectivity index (χ1n) is 9.56. The zero-order chi connectivity index (χ0) is 17.2. The highest BCUT2D eigenvalue weighted by molar-refractivity contribution is 5.58. The summed E-state index contributed by atoms with van der Waals surface area (Å²) < 4.78 is 6.25. The van der Waals surface area contributed by atoms with Crippen molar-refractivity contribution >= 4 is 5.69 Å². The maximum atomic E-state index is 9.89. The second kappa shape index (κ2) is 7.09. The van der Waals surface area contributed by atoms with Crippen molar-refractivity contribution in [3.63, 3.8) is 0 Å². The maximum Gasteiger partial charge on any atom is 0.115 e. The molecule has 2 N–H and O–H groups in total. The normalized spacial score (nSPS) is 24.9. The smallest absolute Gasteiger partial charge is 0.115 e. The topological polar surface area (TPSA) is 41.5 Å². The van der Waals surface area contributed by atoms with Crippen LogP contribution < -0.4 is 5.32 Å². The number of phenolic OH excluding ortho intramolecular Hbond substituents is 1. The predicted molar refractivity (Wildman–Crippen MR) is 101 cm³/mol. The molecule has 3 atom stereocenters. The van der Waals surface area contributed by atoms with Crippen LogP contribution in [0.2, 0.25) is 0 Å². The summed E-state index contributed by atoms with van der Waals surface area (Å²) in [5.74, 6) is 0.734. The highest BCUT2D eigenvalue weighted by Crippen LogP contribution is 2.49. The molecule has 3 heteroatoms. The van der Waals surface area contributed by atoms with Gasteiger partial charge < -0.3 is 15.2 Å². The summed E-state index contributed by atoms with van der Waals surface area (Å²) in [7, 11) is 0. The molecule has 0 bridgehead atoms. The molecule has 4 rings (SSSR count). The molecular formula is C22H27NO2. The van der Waals surface area contributed by atoms with Crippen LogP contribution in [0.3, 0.4) is 0 Å². The molecule has 0 unspecified atom stereocenters. The van der Waals surface area contributed by atoms with Crippen molar-refractivity contribution in [2.24, 2.45) is 5.92 Å². The number of aryl methyl sites for hydroxylation is 1. The SMILES string of the molecule is CCCCc1ccc2c(c1)[C@H]1OCCC[C@H]1[C@H](c1cccc(O)c1)N2. The molecular weight excluding hydrogens is 310 g/mol. The molecule has 2 aromatic carbocycles. The van der Waals surface area contributed by atoms with Crippen molar-refractivity contribution in [2.75, 3.05) is 11.9 Å². The molecule has 2 aliphatic rings. The lowest BCUT2D eigenvalue weighted by Gasteiger charge is -2.43. The van der Waals surface area contributed by atoms with E-state index < -0.39 is 0 Å². The molecule has 2 aliphatic heterocycles. The molecule has 0 amide bonds. The van der Waals surface area contributed by atoms with E-state index in [0.717, 1.165) is 31.4 Å². The Hall–Kier alpha value is -2.00. The van der Waals surface area contributed by atoms with Gasteiger partial charge in [0.25, 0.3) is 0 Å². The molecule has 0 spiro atoms. The second-order valence-electron chi connectivity index (χ2n) is 7.34. The van der Waals surface area contributed by atoms with Gasteiger partial charge in [-0.1, -0.05) is 37.6 Å². The Morgan fingerprint density at radius 2 is 2.12 bits per heavy atom. The fraction of sp³-hybridized carbons (Fsp3) is 0.455. The van der Waals surface area contributed by atoms with E-state index in [2.05, 4.69) is 36.5 Å². The van der Waals surface area contributed by atoms with Crippen LogP contribution in [0.5, 0.6) is 5.75 Å². The van der Waals surface area contributed by atoms with Gasteiger partial charge in [-0.15, -0.1) is 0 Å². The maximum absolute atomic E-state index is 9.89. The largest absolute Gasteiger partial charge is 0.508 e. The highest BCUT2D eigenvalue weighted by Gasteiger charge is 2.39. The van der Waals surface area contributed by atoms with Crippen LogP contribution in [0.1, 0.15) is 61.4 Å². The minimum absolute atomic E-state index is 0.152. The third-order valence-electron chi connectivity index (χ3n) is 5.58. The van der Waals surface area contributed by atoms with Gasteiger partial charge in [0, 0.05) is 23.8 Å². The molecule has 0 aromatic heterocycles. The van der Waals surface area contributed by atoms with Crippen LogP contribution in [0, 0.1) is 5.92 Å². The molecule has 1 saturated heterocycles. The van der Waals surface area contributed by atoms with Gasteiger partial charge in [0.1, 0.15) is 5.75 Å². The number of unbranched alkanes of at least 4 members (excludes halogenated alkanes) is 1. The average molecular weight is 337 g/mol. The number of ether oxygens (including phenoxy) is 1. The Morgan fingerprint density at radius 3 is 2.96 bits per heavy atom. The minimum Gasteiger partial charge on any atom is -0.508 e.